The Morgan fingerprint density at radius 1 is 1.16 bits per heavy atom. The fourth-order valence-electron chi connectivity index (χ4n) is 5.23. The maximum atomic E-state index is 16.4. The van der Waals surface area contributed by atoms with Gasteiger partial charge in [0.1, 0.15) is 5.52 Å². The minimum Gasteiger partial charge on any atom is -0.469 e. The molecule has 1 unspecified atom stereocenters. The molecule has 5 rings (SSSR count). The Bertz CT molecular complexity index is 1270. The number of anilines is 2. The maximum absolute atomic E-state index is 16.4. The van der Waals surface area contributed by atoms with Crippen LogP contribution in [0.1, 0.15) is 44.1 Å². The number of likely N-dealkylation sites (tertiary alicyclic amines) is 1. The molecule has 2 aromatic carbocycles. The summed E-state index contributed by atoms with van der Waals surface area (Å²) < 4.78 is 32.9. The van der Waals surface area contributed by atoms with E-state index >= 15 is 4.39 Å². The Kier molecular flexibility index (Phi) is 7.97. The van der Waals surface area contributed by atoms with E-state index in [1.54, 1.807) is 18.2 Å². The van der Waals surface area contributed by atoms with Crippen molar-refractivity contribution in [2.45, 2.75) is 57.0 Å². The number of fused-ring (bicyclic) bond motifs is 1. The number of aromatic nitrogens is 1. The van der Waals surface area contributed by atoms with Gasteiger partial charge in [0.25, 0.3) is 6.01 Å². The zero-order valence-corrected chi connectivity index (χ0v) is 22.0. The van der Waals surface area contributed by atoms with Gasteiger partial charge >= 0.3 is 11.9 Å². The molecule has 3 aromatic rings. The molecule has 1 aliphatic carbocycles. The molecule has 0 radical (unpaired) electrons. The van der Waals surface area contributed by atoms with Gasteiger partial charge in [-0.2, -0.15) is 9.37 Å². The number of methoxy groups -OCH3 is 1. The third-order valence-electron chi connectivity index (χ3n) is 7.32. The van der Waals surface area contributed by atoms with Crippen LogP contribution < -0.4 is 5.32 Å². The fraction of sp³-hybridized carbons (Fsp3) is 0.464. The van der Waals surface area contributed by atoms with Gasteiger partial charge in [0.05, 0.1) is 29.8 Å². The summed E-state index contributed by atoms with van der Waals surface area (Å²) in [6.07, 6.45) is 3.07. The van der Waals surface area contributed by atoms with Crippen LogP contribution in [0.4, 0.5) is 16.1 Å². The molecule has 10 heteroatoms. The number of ketones is 1. The van der Waals surface area contributed by atoms with Crippen LogP contribution in [0.3, 0.4) is 0 Å². The highest BCUT2D eigenvalue weighted by Gasteiger charge is 2.48. The van der Waals surface area contributed by atoms with Crippen molar-refractivity contribution >= 4 is 46.2 Å². The van der Waals surface area contributed by atoms with E-state index in [2.05, 4.69) is 10.3 Å². The number of ether oxygens (including phenoxy) is 2. The van der Waals surface area contributed by atoms with Crippen LogP contribution in [0.25, 0.3) is 11.1 Å². The first-order chi connectivity index (χ1) is 18.4. The van der Waals surface area contributed by atoms with E-state index in [1.807, 2.05) is 24.3 Å². The van der Waals surface area contributed by atoms with Gasteiger partial charge in [0.15, 0.2) is 5.58 Å². The largest absolute Gasteiger partial charge is 0.469 e. The van der Waals surface area contributed by atoms with Crippen LogP contribution in [0.5, 0.6) is 0 Å². The lowest BCUT2D eigenvalue weighted by Crippen LogP contribution is -2.54. The van der Waals surface area contributed by atoms with E-state index in [9.17, 15) is 9.59 Å². The highest BCUT2D eigenvalue weighted by molar-refractivity contribution is 6.33. The highest BCUT2D eigenvalue weighted by Crippen LogP contribution is 2.35. The van der Waals surface area contributed by atoms with Crippen molar-refractivity contribution in [3.05, 3.63) is 53.1 Å². The van der Waals surface area contributed by atoms with Crippen molar-refractivity contribution in [2.24, 2.45) is 5.92 Å². The quantitative estimate of drug-likeness (QED) is 0.267. The Labute approximate surface area is 225 Å². The van der Waals surface area contributed by atoms with Gasteiger partial charge in [-0.15, -0.1) is 0 Å². The summed E-state index contributed by atoms with van der Waals surface area (Å²) in [5.41, 5.74) is 2.49. The van der Waals surface area contributed by atoms with Crippen molar-refractivity contribution in [1.82, 2.24) is 9.88 Å². The van der Waals surface area contributed by atoms with Crippen molar-refractivity contribution in [3.63, 3.8) is 0 Å². The second kappa shape index (κ2) is 11.4. The van der Waals surface area contributed by atoms with E-state index in [0.29, 0.717) is 72.2 Å². The number of nitrogens with one attached hydrogen (secondary N) is 1. The van der Waals surface area contributed by atoms with E-state index in [0.717, 1.165) is 12.8 Å². The van der Waals surface area contributed by atoms with Gasteiger partial charge in [-0.05, 0) is 68.4 Å². The highest BCUT2D eigenvalue weighted by atomic mass is 35.5. The van der Waals surface area contributed by atoms with Gasteiger partial charge in [-0.25, -0.2) is 4.90 Å². The zero-order chi connectivity index (χ0) is 26.7. The van der Waals surface area contributed by atoms with Gasteiger partial charge < -0.3 is 19.2 Å². The molecule has 1 saturated carbocycles. The van der Waals surface area contributed by atoms with Gasteiger partial charge in [-0.3, -0.25) is 9.59 Å². The Hall–Kier alpha value is -3.01. The summed E-state index contributed by atoms with van der Waals surface area (Å²) in [5.74, 6) is -3.65. The van der Waals surface area contributed by atoms with Crippen LogP contribution >= 0.6 is 11.6 Å². The molecule has 1 aliphatic heterocycles. The molecule has 2 fully saturated rings. The number of nitrogens with zero attached hydrogens (tertiary/aromatic N) is 2. The number of benzene rings is 2. The molecule has 0 spiro atoms. The summed E-state index contributed by atoms with van der Waals surface area (Å²) in [4.78, 5) is 31.1. The predicted molar refractivity (Wildman–Crippen MR) is 141 cm³/mol. The van der Waals surface area contributed by atoms with Crippen LogP contribution in [0, 0.1) is 5.92 Å². The normalized spacial score (nSPS) is 21.8. The molecule has 1 saturated heterocycles. The number of esters is 1. The van der Waals surface area contributed by atoms with Crippen LogP contribution in [-0.4, -0.2) is 53.9 Å². The van der Waals surface area contributed by atoms with Gasteiger partial charge in [-0.1, -0.05) is 29.8 Å². The Balaban J connectivity index is 1.27. The summed E-state index contributed by atoms with van der Waals surface area (Å²) in [6.45, 7) is 0.904. The van der Waals surface area contributed by atoms with Crippen molar-refractivity contribution in [3.8, 4) is 0 Å². The summed E-state index contributed by atoms with van der Waals surface area (Å²) in [5, 5.41) is 3.40. The molecule has 1 aromatic heterocycles. The lowest BCUT2D eigenvalue weighted by molar-refractivity contribution is -0.252. The molecule has 1 N–H and O–H groups in total. The molecule has 202 valence electrons. The van der Waals surface area contributed by atoms with Crippen LogP contribution in [0.2, 0.25) is 5.02 Å². The SMILES string of the molecule is COC(=O)[C@H]1CC[C@H](OC(F)(C(=O)Cc2ccc(Nc3nc4ccccc4o3)c(Cl)c2)N2CCCC2)CC1. The van der Waals surface area contributed by atoms with Crippen LogP contribution in [-0.2, 0) is 25.5 Å². The maximum Gasteiger partial charge on any atom is 0.330 e. The number of alkyl halides is 1. The second-order valence-corrected chi connectivity index (χ2v) is 10.3. The number of para-hydroxylation sites is 2. The third kappa shape index (κ3) is 5.70. The summed E-state index contributed by atoms with van der Waals surface area (Å²) >= 11 is 6.49. The molecule has 8 nitrogen and oxygen atoms in total. The lowest BCUT2D eigenvalue weighted by atomic mass is 9.87. The first kappa shape index (κ1) is 26.6. The van der Waals surface area contributed by atoms with Crippen LogP contribution in [0.15, 0.2) is 46.9 Å². The summed E-state index contributed by atoms with van der Waals surface area (Å²) in [7, 11) is 1.37. The van der Waals surface area contributed by atoms with Gasteiger partial charge in [0, 0.05) is 19.5 Å². The minimum atomic E-state index is -2.53. The third-order valence-corrected chi connectivity index (χ3v) is 7.63. The zero-order valence-electron chi connectivity index (χ0n) is 21.3. The fourth-order valence-corrected chi connectivity index (χ4v) is 5.48. The number of halogens is 2. The molecule has 2 aliphatic rings. The average molecular weight is 544 g/mol. The number of carbonyl (C=O) groups is 2. The number of carbonyl (C=O) groups excluding carboxylic acids is 2. The lowest BCUT2D eigenvalue weighted by Gasteiger charge is -2.37. The number of hydrogen-bond donors (Lipinski definition) is 1. The van der Waals surface area contributed by atoms with Gasteiger partial charge in [0.2, 0.25) is 5.78 Å². The Morgan fingerprint density at radius 2 is 1.89 bits per heavy atom. The van der Waals surface area contributed by atoms with Crippen molar-refractivity contribution in [1.29, 1.82) is 0 Å². The van der Waals surface area contributed by atoms with E-state index < -0.39 is 17.9 Å². The monoisotopic (exact) mass is 543 g/mol. The number of oxazole rings is 1. The number of rotatable bonds is 9. The number of hydrogen-bond acceptors (Lipinski definition) is 8. The average Bonchev–Trinajstić information content (AvgIpc) is 3.60. The van der Waals surface area contributed by atoms with E-state index in [4.69, 9.17) is 25.5 Å². The molecule has 38 heavy (non-hydrogen) atoms. The molecular weight excluding hydrogens is 513 g/mol. The molecule has 1 atom stereocenters. The minimum absolute atomic E-state index is 0.173. The molecule has 2 heterocycles. The van der Waals surface area contributed by atoms with E-state index in [-0.39, 0.29) is 18.3 Å². The summed E-state index contributed by atoms with van der Waals surface area (Å²) in [6, 6.07) is 12.8. The molecule has 0 amide bonds. The Morgan fingerprint density at radius 3 is 2.58 bits per heavy atom. The first-order valence-corrected chi connectivity index (χ1v) is 13.4. The molecular formula is C28H31ClFN3O5. The predicted octanol–water partition coefficient (Wildman–Crippen LogP) is 5.80. The standard InChI is InChI=1S/C28H31ClFN3O5/c1-36-26(35)19-9-11-20(12-10-19)38-28(30,33-14-4-5-15-33)25(34)17-18-8-13-22(21(29)16-18)31-27-32-23-6-2-3-7-24(23)37-27/h2-3,6-8,13,16,19-20H,4-5,9-12,14-15,17H2,1H3,(H,31,32)/t19-,20-,28?. The van der Waals surface area contributed by atoms with Crippen molar-refractivity contribution < 1.29 is 27.9 Å². The number of Topliss-reactive ketones (excluding diaryl/α,β-unsaturated/α-hetero) is 1. The van der Waals surface area contributed by atoms with E-state index in [1.165, 1.54) is 12.0 Å². The topological polar surface area (TPSA) is 93.9 Å². The second-order valence-electron chi connectivity index (χ2n) is 9.90. The van der Waals surface area contributed by atoms with Crippen molar-refractivity contribution in [2.75, 3.05) is 25.5 Å². The first-order valence-electron chi connectivity index (χ1n) is 13.0. The molecule has 0 bridgehead atoms. The smallest absolute Gasteiger partial charge is 0.330 e.